The molecule has 34 heavy (non-hydrogen) atoms. The van der Waals surface area contributed by atoms with E-state index in [0.717, 1.165) is 12.5 Å². The highest BCUT2D eigenvalue weighted by Crippen LogP contribution is 2.31. The number of rotatable bonds is 9. The average Bonchev–Trinajstić information content (AvgIpc) is 3.07. The van der Waals surface area contributed by atoms with Gasteiger partial charge in [0.15, 0.2) is 9.84 Å². The van der Waals surface area contributed by atoms with Crippen molar-refractivity contribution in [3.63, 3.8) is 0 Å². The summed E-state index contributed by atoms with van der Waals surface area (Å²) in [6.07, 6.45) is 1.94. The molecule has 0 N–H and O–H groups in total. The van der Waals surface area contributed by atoms with Gasteiger partial charge < -0.3 is 9.30 Å². The molecule has 0 aliphatic rings. The maximum absolute atomic E-state index is 13.5. The van der Waals surface area contributed by atoms with Crippen LogP contribution in [0.1, 0.15) is 11.3 Å². The molecule has 0 bridgehead atoms. The number of carbonyl (C=O) groups is 1. The van der Waals surface area contributed by atoms with Crippen LogP contribution < -0.4 is 0 Å². The minimum atomic E-state index is -3.63. The van der Waals surface area contributed by atoms with Gasteiger partial charge in [0.1, 0.15) is 19.0 Å². The van der Waals surface area contributed by atoms with Crippen molar-refractivity contribution in [1.82, 2.24) is 4.57 Å². The van der Waals surface area contributed by atoms with E-state index in [1.54, 1.807) is 37.3 Å². The summed E-state index contributed by atoms with van der Waals surface area (Å²) >= 11 is 0. The Bertz CT molecular complexity index is 1390. The highest BCUT2D eigenvalue weighted by Gasteiger charge is 2.18. The van der Waals surface area contributed by atoms with Crippen LogP contribution in [0.15, 0.2) is 59.5 Å². The molecule has 1 heterocycles. The summed E-state index contributed by atoms with van der Waals surface area (Å²) < 4.78 is 70.6. The van der Waals surface area contributed by atoms with Crippen LogP contribution >= 0.6 is 0 Å². The summed E-state index contributed by atoms with van der Waals surface area (Å²) in [5.74, 6) is -0.969. The fourth-order valence-corrected chi connectivity index (χ4v) is 4.39. The summed E-state index contributed by atoms with van der Waals surface area (Å²) in [5.41, 5.74) is 3.37. The number of carbonyl (C=O) groups excluding carboxylic acids is 1. The third-order valence-electron chi connectivity index (χ3n) is 4.99. The van der Waals surface area contributed by atoms with Crippen molar-refractivity contribution in [3.05, 3.63) is 71.7 Å². The first-order valence-electron chi connectivity index (χ1n) is 10.1. The molecule has 3 aromatic rings. The van der Waals surface area contributed by atoms with Gasteiger partial charge in [-0.15, -0.1) is 0 Å². The van der Waals surface area contributed by atoms with Crippen LogP contribution in [0.5, 0.6) is 0 Å². The normalized spacial score (nSPS) is 12.0. The second-order valence-corrected chi connectivity index (χ2v) is 11.3. The van der Waals surface area contributed by atoms with Gasteiger partial charge in [0.2, 0.25) is 0 Å². The van der Waals surface area contributed by atoms with Crippen molar-refractivity contribution in [2.45, 2.75) is 18.2 Å². The van der Waals surface area contributed by atoms with E-state index in [9.17, 15) is 26.0 Å². The summed E-state index contributed by atoms with van der Waals surface area (Å²) in [5, 5.41) is 0. The number of ether oxygens (including phenoxy) is 1. The molecule has 0 aliphatic carbocycles. The van der Waals surface area contributed by atoms with E-state index in [1.165, 1.54) is 24.3 Å². The van der Waals surface area contributed by atoms with Crippen molar-refractivity contribution in [2.75, 3.05) is 25.7 Å². The van der Waals surface area contributed by atoms with E-state index >= 15 is 0 Å². The number of hydrogen-bond donors (Lipinski definition) is 0. The standard InChI is InChI=1S/C23H24FNO7S2/c1-16-18(15-23(26)31-12-13-32-34(3,29)30)14-22(25(16)20-8-6-19(24)7-9-20)17-4-10-21(11-5-17)33(2,27)28/h4-11,14H,12-13,15H2,1-3H3. The molecule has 0 radical (unpaired) electrons. The van der Waals surface area contributed by atoms with Gasteiger partial charge in [-0.25, -0.2) is 12.8 Å². The third-order valence-corrected chi connectivity index (χ3v) is 6.72. The predicted octanol–water partition coefficient (Wildman–Crippen LogP) is 3.06. The lowest BCUT2D eigenvalue weighted by molar-refractivity contribution is -0.143. The molecule has 11 heteroatoms. The zero-order chi connectivity index (χ0) is 25.1. The van der Waals surface area contributed by atoms with Crippen LogP contribution in [-0.2, 0) is 40.1 Å². The minimum absolute atomic E-state index is 0.0900. The zero-order valence-electron chi connectivity index (χ0n) is 18.8. The summed E-state index contributed by atoms with van der Waals surface area (Å²) in [7, 11) is -6.99. The number of benzene rings is 2. The quantitative estimate of drug-likeness (QED) is 0.248. The van der Waals surface area contributed by atoms with E-state index in [4.69, 9.17) is 4.74 Å². The molecule has 0 atom stereocenters. The molecular formula is C23H24FNO7S2. The topological polar surface area (TPSA) is 109 Å². The van der Waals surface area contributed by atoms with Gasteiger partial charge in [-0.2, -0.15) is 8.42 Å². The molecule has 3 rings (SSSR count). The summed E-state index contributed by atoms with van der Waals surface area (Å²) in [6.45, 7) is 1.30. The van der Waals surface area contributed by atoms with Gasteiger partial charge in [0, 0.05) is 17.6 Å². The fraction of sp³-hybridized carbons (Fsp3) is 0.261. The Morgan fingerprint density at radius 2 is 1.56 bits per heavy atom. The molecule has 0 amide bonds. The molecule has 0 fully saturated rings. The molecular weight excluding hydrogens is 485 g/mol. The van der Waals surface area contributed by atoms with Crippen molar-refractivity contribution in [1.29, 1.82) is 0 Å². The number of esters is 1. The molecule has 8 nitrogen and oxygen atoms in total. The van der Waals surface area contributed by atoms with Crippen LogP contribution in [0.3, 0.4) is 0 Å². The van der Waals surface area contributed by atoms with Gasteiger partial charge in [0.05, 0.1) is 23.3 Å². The first kappa shape index (κ1) is 25.6. The summed E-state index contributed by atoms with van der Waals surface area (Å²) in [4.78, 5) is 12.5. The number of halogens is 1. The van der Waals surface area contributed by atoms with Gasteiger partial charge in [-0.1, -0.05) is 12.1 Å². The molecule has 0 saturated carbocycles. The number of hydrogen-bond acceptors (Lipinski definition) is 7. The van der Waals surface area contributed by atoms with E-state index in [0.29, 0.717) is 28.2 Å². The molecule has 0 aliphatic heterocycles. The second-order valence-electron chi connectivity index (χ2n) is 7.67. The smallest absolute Gasteiger partial charge is 0.310 e. The largest absolute Gasteiger partial charge is 0.463 e. The van der Waals surface area contributed by atoms with Crippen molar-refractivity contribution in [2.24, 2.45) is 0 Å². The van der Waals surface area contributed by atoms with Crippen LogP contribution in [0.25, 0.3) is 16.9 Å². The Labute approximate surface area is 198 Å². The maximum atomic E-state index is 13.5. The first-order chi connectivity index (χ1) is 15.8. The first-order valence-corrected chi connectivity index (χ1v) is 13.8. The lowest BCUT2D eigenvalue weighted by Gasteiger charge is -2.13. The van der Waals surface area contributed by atoms with Crippen molar-refractivity contribution < 1.29 is 34.9 Å². The predicted molar refractivity (Wildman–Crippen MR) is 124 cm³/mol. The van der Waals surface area contributed by atoms with Crippen LogP contribution in [0.2, 0.25) is 0 Å². The molecule has 2 aromatic carbocycles. The fourth-order valence-electron chi connectivity index (χ4n) is 3.39. The zero-order valence-corrected chi connectivity index (χ0v) is 20.4. The van der Waals surface area contributed by atoms with Gasteiger partial charge in [-0.3, -0.25) is 8.98 Å². The van der Waals surface area contributed by atoms with Crippen LogP contribution in [0.4, 0.5) is 4.39 Å². The Kier molecular flexibility index (Phi) is 7.59. The SMILES string of the molecule is Cc1c(CC(=O)OCCOS(C)(=O)=O)cc(-c2ccc(S(C)(=O)=O)cc2)n1-c1ccc(F)cc1. The van der Waals surface area contributed by atoms with E-state index in [1.807, 2.05) is 4.57 Å². The van der Waals surface area contributed by atoms with Crippen molar-refractivity contribution in [3.8, 4) is 16.9 Å². The Balaban J connectivity index is 1.93. The number of aromatic nitrogens is 1. The van der Waals surface area contributed by atoms with Crippen LogP contribution in [0, 0.1) is 12.7 Å². The molecule has 0 saturated heterocycles. The van der Waals surface area contributed by atoms with Gasteiger partial charge >= 0.3 is 5.97 Å². The van der Waals surface area contributed by atoms with Gasteiger partial charge in [0.25, 0.3) is 10.1 Å². The van der Waals surface area contributed by atoms with E-state index in [-0.39, 0.29) is 24.5 Å². The molecule has 1 aromatic heterocycles. The second kappa shape index (κ2) is 10.1. The molecule has 0 unspecified atom stereocenters. The third kappa shape index (κ3) is 6.52. The van der Waals surface area contributed by atoms with E-state index < -0.39 is 31.7 Å². The Morgan fingerprint density at radius 3 is 2.12 bits per heavy atom. The van der Waals surface area contributed by atoms with Gasteiger partial charge in [-0.05, 0) is 60.5 Å². The Morgan fingerprint density at radius 1 is 0.941 bits per heavy atom. The van der Waals surface area contributed by atoms with Crippen LogP contribution in [-0.4, -0.2) is 53.1 Å². The lowest BCUT2D eigenvalue weighted by Crippen LogP contribution is -2.15. The highest BCUT2D eigenvalue weighted by molar-refractivity contribution is 7.90. The number of nitrogens with zero attached hydrogens (tertiary/aromatic N) is 1. The maximum Gasteiger partial charge on any atom is 0.310 e. The van der Waals surface area contributed by atoms with Crippen molar-refractivity contribution >= 4 is 25.9 Å². The average molecular weight is 510 g/mol. The lowest BCUT2D eigenvalue weighted by atomic mass is 10.1. The molecule has 0 spiro atoms. The van der Waals surface area contributed by atoms with E-state index in [2.05, 4.69) is 4.18 Å². The monoisotopic (exact) mass is 509 g/mol. The highest BCUT2D eigenvalue weighted by atomic mass is 32.2. The molecule has 182 valence electrons. The number of sulfone groups is 1. The minimum Gasteiger partial charge on any atom is -0.463 e. The summed E-state index contributed by atoms with van der Waals surface area (Å²) in [6, 6.07) is 13.9. The Hall–Kier alpha value is -3.02.